The molecule has 106 valence electrons. The monoisotopic (exact) mass is 313 g/mol. The fourth-order valence-corrected chi connectivity index (χ4v) is 2.96. The summed E-state index contributed by atoms with van der Waals surface area (Å²) in [5.74, 6) is -0.0338. The van der Waals surface area contributed by atoms with Crippen LogP contribution in [0.25, 0.3) is 0 Å². The molecule has 2 aliphatic heterocycles. The highest BCUT2D eigenvalue weighted by atomic mass is 35.5. The first-order valence-electron chi connectivity index (χ1n) is 5.68. The zero-order valence-corrected chi connectivity index (χ0v) is 11.3. The van der Waals surface area contributed by atoms with Crippen LogP contribution in [0.2, 0.25) is 5.02 Å². The second kappa shape index (κ2) is 5.13. The lowest BCUT2D eigenvalue weighted by molar-refractivity contribution is -0.139. The molecule has 2 atom stereocenters. The Morgan fingerprint density at radius 2 is 2.00 bits per heavy atom. The second-order valence-electron chi connectivity index (χ2n) is 4.63. The second-order valence-corrected chi connectivity index (χ2v) is 5.07. The van der Waals surface area contributed by atoms with Gasteiger partial charge in [0, 0.05) is 24.0 Å². The zero-order chi connectivity index (χ0) is 12.9. The first kappa shape index (κ1) is 14.9. The van der Waals surface area contributed by atoms with Gasteiger partial charge in [0.05, 0.1) is 18.3 Å². The van der Waals surface area contributed by atoms with Crippen molar-refractivity contribution in [3.8, 4) is 0 Å². The number of rotatable bonds is 0. The molecule has 1 fully saturated rings. The van der Waals surface area contributed by atoms with Gasteiger partial charge in [-0.05, 0) is 23.3 Å². The smallest absolute Gasteiger partial charge is 0.372 e. The Labute approximate surface area is 119 Å². The molecule has 0 bridgehead atoms. The van der Waals surface area contributed by atoms with Gasteiger partial charge in [-0.2, -0.15) is 13.2 Å². The fourth-order valence-electron chi connectivity index (χ4n) is 2.73. The van der Waals surface area contributed by atoms with Crippen molar-refractivity contribution >= 4 is 24.0 Å². The average molecular weight is 314 g/mol. The summed E-state index contributed by atoms with van der Waals surface area (Å²) < 4.78 is 44.4. The van der Waals surface area contributed by atoms with E-state index >= 15 is 0 Å². The van der Waals surface area contributed by atoms with Crippen molar-refractivity contribution in [1.82, 2.24) is 5.32 Å². The average Bonchev–Trinajstić information content (AvgIpc) is 2.74. The van der Waals surface area contributed by atoms with E-state index in [1.807, 2.05) is 0 Å². The summed E-state index contributed by atoms with van der Waals surface area (Å²) in [4.78, 5) is 0. The van der Waals surface area contributed by atoms with E-state index in [1.165, 1.54) is 0 Å². The maximum Gasteiger partial charge on any atom is 0.416 e. The lowest BCUT2D eigenvalue weighted by Gasteiger charge is -2.30. The van der Waals surface area contributed by atoms with E-state index < -0.39 is 11.7 Å². The normalized spacial score (nSPS) is 25.5. The van der Waals surface area contributed by atoms with E-state index in [1.54, 1.807) is 6.07 Å². The van der Waals surface area contributed by atoms with Crippen LogP contribution in [0.5, 0.6) is 0 Å². The number of ether oxygens (including phenoxy) is 1. The van der Waals surface area contributed by atoms with E-state index in [2.05, 4.69) is 5.32 Å². The van der Waals surface area contributed by atoms with Crippen LogP contribution in [0.4, 0.5) is 13.2 Å². The third-order valence-corrected chi connectivity index (χ3v) is 3.77. The maximum atomic E-state index is 13.0. The Bertz CT molecular complexity index is 493. The van der Waals surface area contributed by atoms with Crippen LogP contribution in [0.3, 0.4) is 0 Å². The highest BCUT2D eigenvalue weighted by molar-refractivity contribution is 6.30. The third kappa shape index (κ3) is 2.57. The van der Waals surface area contributed by atoms with Gasteiger partial charge < -0.3 is 10.1 Å². The molecule has 1 saturated heterocycles. The molecular weight excluding hydrogens is 302 g/mol. The molecule has 3 rings (SSSR count). The number of nitrogens with one attached hydrogen (secondary N) is 1. The van der Waals surface area contributed by atoms with Crippen LogP contribution in [0.15, 0.2) is 12.1 Å². The van der Waals surface area contributed by atoms with E-state index in [9.17, 15) is 13.2 Å². The van der Waals surface area contributed by atoms with E-state index in [0.29, 0.717) is 18.7 Å². The Morgan fingerprint density at radius 1 is 1.26 bits per heavy atom. The van der Waals surface area contributed by atoms with E-state index in [4.69, 9.17) is 16.3 Å². The molecular formula is C12H12Cl2F3NO. The summed E-state index contributed by atoms with van der Waals surface area (Å²) in [6, 6.07) is 2.62. The molecule has 1 N–H and O–H groups in total. The van der Waals surface area contributed by atoms with Crippen LogP contribution < -0.4 is 5.32 Å². The Hall–Kier alpha value is -0.490. The molecule has 0 aromatic heterocycles. The highest BCUT2D eigenvalue weighted by Crippen LogP contribution is 2.42. The Kier molecular flexibility index (Phi) is 4.02. The summed E-state index contributed by atoms with van der Waals surface area (Å²) in [7, 11) is 0. The van der Waals surface area contributed by atoms with Crippen molar-refractivity contribution < 1.29 is 17.9 Å². The minimum atomic E-state index is -4.39. The summed E-state index contributed by atoms with van der Waals surface area (Å²) in [5.41, 5.74) is 0.239. The first-order valence-corrected chi connectivity index (χ1v) is 6.06. The third-order valence-electron chi connectivity index (χ3n) is 3.55. The predicted molar refractivity (Wildman–Crippen MR) is 67.9 cm³/mol. The number of alkyl halides is 3. The molecule has 0 radical (unpaired) electrons. The largest absolute Gasteiger partial charge is 0.416 e. The van der Waals surface area contributed by atoms with Gasteiger partial charge in [0.15, 0.2) is 0 Å². The fraction of sp³-hybridized carbons (Fsp3) is 0.500. The summed E-state index contributed by atoms with van der Waals surface area (Å²) in [6.45, 7) is 1.32. The highest BCUT2D eigenvalue weighted by Gasteiger charge is 2.41. The maximum absolute atomic E-state index is 13.0. The number of hydrogen-bond acceptors (Lipinski definition) is 2. The van der Waals surface area contributed by atoms with Crippen molar-refractivity contribution in [2.24, 2.45) is 0 Å². The number of fused-ring (bicyclic) bond motifs is 3. The molecule has 2 heterocycles. The molecule has 0 aliphatic carbocycles. The Morgan fingerprint density at radius 3 is 2.68 bits per heavy atom. The van der Waals surface area contributed by atoms with E-state index in [0.717, 1.165) is 6.07 Å². The van der Waals surface area contributed by atoms with Crippen LogP contribution in [-0.2, 0) is 17.5 Å². The van der Waals surface area contributed by atoms with Gasteiger partial charge >= 0.3 is 6.18 Å². The zero-order valence-electron chi connectivity index (χ0n) is 9.76. The predicted octanol–water partition coefficient (Wildman–Crippen LogP) is 3.37. The summed E-state index contributed by atoms with van der Waals surface area (Å²) >= 11 is 5.82. The van der Waals surface area contributed by atoms with Crippen molar-refractivity contribution in [2.75, 3.05) is 13.1 Å². The van der Waals surface area contributed by atoms with Crippen molar-refractivity contribution in [3.05, 3.63) is 33.8 Å². The van der Waals surface area contributed by atoms with Crippen LogP contribution in [0, 0.1) is 0 Å². The molecule has 0 spiro atoms. The number of hydrogen-bond donors (Lipinski definition) is 1. The molecule has 0 saturated carbocycles. The van der Waals surface area contributed by atoms with Gasteiger partial charge in [-0.15, -0.1) is 12.4 Å². The quantitative estimate of drug-likeness (QED) is 0.793. The molecule has 0 amide bonds. The summed E-state index contributed by atoms with van der Waals surface area (Å²) in [5, 5.41) is 3.27. The van der Waals surface area contributed by atoms with Gasteiger partial charge in [-0.3, -0.25) is 0 Å². The number of benzene rings is 1. The molecule has 0 unspecified atom stereocenters. The van der Waals surface area contributed by atoms with Gasteiger partial charge in [0.1, 0.15) is 0 Å². The lowest BCUT2D eigenvalue weighted by Crippen LogP contribution is -2.28. The van der Waals surface area contributed by atoms with E-state index in [-0.39, 0.29) is 41.6 Å². The minimum Gasteiger partial charge on any atom is -0.372 e. The number of halogens is 5. The van der Waals surface area contributed by atoms with Crippen molar-refractivity contribution in [2.45, 2.75) is 24.8 Å². The molecule has 19 heavy (non-hydrogen) atoms. The topological polar surface area (TPSA) is 21.3 Å². The SMILES string of the molecule is Cl.FC(F)(F)c1cc(Cl)cc2c1CO[C@H]1CNC[C@@H]21. The molecule has 7 heteroatoms. The summed E-state index contributed by atoms with van der Waals surface area (Å²) in [6.07, 6.45) is -4.44. The minimum absolute atomic E-state index is 0. The van der Waals surface area contributed by atoms with Gasteiger partial charge in [-0.1, -0.05) is 11.6 Å². The molecule has 1 aromatic carbocycles. The van der Waals surface area contributed by atoms with Crippen LogP contribution >= 0.6 is 24.0 Å². The standard InChI is InChI=1S/C12H11ClF3NO.ClH/c13-6-1-7-8-3-17-4-11(8)18-5-9(7)10(2-6)12(14,15)16;/h1-2,8,11,17H,3-5H2;1H/t8-,11-;/m0./s1. The lowest BCUT2D eigenvalue weighted by atomic mass is 9.87. The Balaban J connectivity index is 0.00000133. The van der Waals surface area contributed by atoms with Crippen LogP contribution in [0.1, 0.15) is 22.6 Å². The molecule has 2 aliphatic rings. The molecule has 1 aromatic rings. The van der Waals surface area contributed by atoms with Gasteiger partial charge in [-0.25, -0.2) is 0 Å². The first-order chi connectivity index (χ1) is 8.47. The van der Waals surface area contributed by atoms with Crippen molar-refractivity contribution in [1.29, 1.82) is 0 Å². The van der Waals surface area contributed by atoms with Crippen LogP contribution in [-0.4, -0.2) is 19.2 Å². The molecule has 2 nitrogen and oxygen atoms in total. The van der Waals surface area contributed by atoms with Crippen molar-refractivity contribution in [3.63, 3.8) is 0 Å². The van der Waals surface area contributed by atoms with Gasteiger partial charge in [0.2, 0.25) is 0 Å². The van der Waals surface area contributed by atoms with Gasteiger partial charge in [0.25, 0.3) is 0 Å².